The van der Waals surface area contributed by atoms with Crippen molar-refractivity contribution < 1.29 is 0 Å². The highest BCUT2D eigenvalue weighted by Crippen LogP contribution is 2.44. The molecule has 58 heavy (non-hydrogen) atoms. The van der Waals surface area contributed by atoms with Gasteiger partial charge in [-0.2, -0.15) is 0 Å². The zero-order chi connectivity index (χ0) is 39.1. The summed E-state index contributed by atoms with van der Waals surface area (Å²) in [6.07, 6.45) is 7.88. The molecule has 9 heteroatoms. The van der Waals surface area contributed by atoms with E-state index >= 15 is 0 Å². The molecule has 0 radical (unpaired) electrons. The van der Waals surface area contributed by atoms with Crippen molar-refractivity contribution in [2.45, 2.75) is 44.3 Å². The van der Waals surface area contributed by atoms with E-state index in [1.54, 1.807) is 17.0 Å². The topological polar surface area (TPSA) is 96.3 Å². The summed E-state index contributed by atoms with van der Waals surface area (Å²) >= 11 is 0. The molecule has 4 aromatic heterocycles. The van der Waals surface area contributed by atoms with E-state index < -0.39 is 5.54 Å². The van der Waals surface area contributed by atoms with Gasteiger partial charge in [0.2, 0.25) is 0 Å². The Balaban J connectivity index is 1.08. The zero-order valence-electron chi connectivity index (χ0n) is 32.1. The summed E-state index contributed by atoms with van der Waals surface area (Å²) in [7, 11) is 0. The second-order valence-electron chi connectivity index (χ2n) is 14.8. The molecule has 0 fully saturated rings. The number of hydrogen-bond acceptors (Lipinski definition) is 6. The summed E-state index contributed by atoms with van der Waals surface area (Å²) < 4.78 is 5.97. The zero-order valence-corrected chi connectivity index (χ0v) is 32.1. The average molecular weight is 757 g/mol. The van der Waals surface area contributed by atoms with Crippen molar-refractivity contribution in [2.75, 3.05) is 0 Å². The van der Waals surface area contributed by atoms with E-state index in [2.05, 4.69) is 131 Å². The van der Waals surface area contributed by atoms with Crippen LogP contribution in [0.1, 0.15) is 58.6 Å². The molecule has 1 aliphatic rings. The molecule has 9 nitrogen and oxygen atoms in total. The standard InChI is InChI=1S/C49H40N8O/c1-2-45-51-43-28-30-55(33-34-15-14-29-50-32-34)48(58)46(43)56(45)44-27-25-36-31-35(24-26-41(36)44)40-22-12-13-23-42(40)47-52-53-54-57(47)49(37-16-6-3-7-17-37,38-18-8-4-9-19-38)39-20-10-5-11-21-39/h3-24,26,28-32,44H,2,25,27,33H2,1H3/t44-/m0/s1. The first-order chi connectivity index (χ1) is 28.6. The van der Waals surface area contributed by atoms with Gasteiger partial charge in [0, 0.05) is 30.6 Å². The van der Waals surface area contributed by atoms with Gasteiger partial charge in [-0.05, 0) is 79.9 Å². The number of hydrogen-bond donors (Lipinski definition) is 0. The van der Waals surface area contributed by atoms with Gasteiger partial charge in [0.25, 0.3) is 5.56 Å². The molecule has 0 saturated heterocycles. The van der Waals surface area contributed by atoms with Crippen LogP contribution in [-0.4, -0.2) is 39.3 Å². The highest BCUT2D eigenvalue weighted by Gasteiger charge is 2.42. The molecular formula is C49H40N8O. The van der Waals surface area contributed by atoms with Crippen LogP contribution in [0.3, 0.4) is 0 Å². The largest absolute Gasteiger partial charge is 0.316 e. The monoisotopic (exact) mass is 756 g/mol. The molecule has 1 aliphatic carbocycles. The van der Waals surface area contributed by atoms with E-state index in [0.29, 0.717) is 17.9 Å². The molecule has 5 aromatic carbocycles. The smallest absolute Gasteiger partial charge is 0.277 e. The van der Waals surface area contributed by atoms with Crippen LogP contribution < -0.4 is 5.56 Å². The van der Waals surface area contributed by atoms with E-state index in [-0.39, 0.29) is 11.6 Å². The third-order valence-corrected chi connectivity index (χ3v) is 11.6. The summed E-state index contributed by atoms with van der Waals surface area (Å²) in [5.74, 6) is 1.58. The van der Waals surface area contributed by atoms with Crippen LogP contribution in [-0.2, 0) is 24.9 Å². The SMILES string of the molecule is CCc1nc2ccn(Cc3cccnc3)c(=O)c2n1[C@H]1CCc2cc(-c3ccccc3-c3nnnn3C(c3ccccc3)(c3ccccc3)c3ccccc3)ccc21. The lowest BCUT2D eigenvalue weighted by atomic mass is 9.77. The quantitative estimate of drug-likeness (QED) is 0.129. The summed E-state index contributed by atoms with van der Waals surface area (Å²) in [5.41, 5.74) is 10.1. The van der Waals surface area contributed by atoms with Crippen LogP contribution in [0, 0.1) is 0 Å². The molecule has 0 aliphatic heterocycles. The maximum absolute atomic E-state index is 14.2. The Morgan fingerprint density at radius 3 is 2.07 bits per heavy atom. The molecule has 4 heterocycles. The number of imidazole rings is 1. The van der Waals surface area contributed by atoms with Gasteiger partial charge in [0.05, 0.1) is 18.1 Å². The summed E-state index contributed by atoms with van der Waals surface area (Å²) in [4.78, 5) is 23.4. The lowest BCUT2D eigenvalue weighted by Crippen LogP contribution is -2.39. The van der Waals surface area contributed by atoms with Crippen molar-refractivity contribution in [3.05, 3.63) is 220 Å². The van der Waals surface area contributed by atoms with Gasteiger partial charge in [-0.15, -0.1) is 5.10 Å². The van der Waals surface area contributed by atoms with Crippen LogP contribution in [0.15, 0.2) is 175 Å². The van der Waals surface area contributed by atoms with Crippen molar-refractivity contribution in [3.63, 3.8) is 0 Å². The summed E-state index contributed by atoms with van der Waals surface area (Å²) in [6.45, 7) is 2.56. The Morgan fingerprint density at radius 1 is 0.741 bits per heavy atom. The van der Waals surface area contributed by atoms with Gasteiger partial charge in [-0.25, -0.2) is 9.67 Å². The van der Waals surface area contributed by atoms with Gasteiger partial charge >= 0.3 is 0 Å². The van der Waals surface area contributed by atoms with Crippen molar-refractivity contribution in [1.82, 2.24) is 39.3 Å². The molecule has 0 bridgehead atoms. The number of nitrogens with zero attached hydrogens (tertiary/aromatic N) is 8. The van der Waals surface area contributed by atoms with Crippen LogP contribution in [0.2, 0.25) is 0 Å². The maximum atomic E-state index is 14.2. The van der Waals surface area contributed by atoms with Crippen molar-refractivity contribution >= 4 is 11.0 Å². The van der Waals surface area contributed by atoms with Crippen molar-refractivity contribution in [2.24, 2.45) is 0 Å². The van der Waals surface area contributed by atoms with Crippen molar-refractivity contribution in [3.8, 4) is 22.5 Å². The summed E-state index contributed by atoms with van der Waals surface area (Å²) in [6, 6.07) is 52.4. The molecule has 1 atom stereocenters. The minimum Gasteiger partial charge on any atom is -0.316 e. The number of aryl methyl sites for hydroxylation is 2. The van der Waals surface area contributed by atoms with E-state index in [4.69, 9.17) is 15.3 Å². The highest BCUT2D eigenvalue weighted by atomic mass is 16.1. The van der Waals surface area contributed by atoms with Crippen LogP contribution in [0.25, 0.3) is 33.5 Å². The van der Waals surface area contributed by atoms with E-state index in [0.717, 1.165) is 69.5 Å². The van der Waals surface area contributed by atoms with Gasteiger partial charge in [0.1, 0.15) is 16.9 Å². The molecule has 0 N–H and O–H groups in total. The molecule has 9 aromatic rings. The Labute approximate surface area is 335 Å². The molecule has 10 rings (SSSR count). The number of benzene rings is 5. The Morgan fingerprint density at radius 2 is 1.41 bits per heavy atom. The fraction of sp³-hybridized carbons (Fsp3) is 0.143. The predicted octanol–water partition coefficient (Wildman–Crippen LogP) is 8.90. The van der Waals surface area contributed by atoms with Crippen LogP contribution in [0.5, 0.6) is 0 Å². The Hall–Kier alpha value is -7.26. The highest BCUT2D eigenvalue weighted by molar-refractivity contribution is 5.82. The summed E-state index contributed by atoms with van der Waals surface area (Å²) in [5, 5.41) is 14.0. The van der Waals surface area contributed by atoms with Gasteiger partial charge in [0.15, 0.2) is 5.82 Å². The van der Waals surface area contributed by atoms with E-state index in [1.165, 1.54) is 11.1 Å². The van der Waals surface area contributed by atoms with Gasteiger partial charge < -0.3 is 9.13 Å². The minimum atomic E-state index is -0.873. The first kappa shape index (κ1) is 35.2. The Kier molecular flexibility index (Phi) is 8.90. The molecular weight excluding hydrogens is 717 g/mol. The second kappa shape index (κ2) is 14.7. The molecule has 0 amide bonds. The normalized spacial score (nSPS) is 13.8. The predicted molar refractivity (Wildman–Crippen MR) is 226 cm³/mol. The lowest BCUT2D eigenvalue weighted by molar-refractivity contribution is 0.451. The van der Waals surface area contributed by atoms with E-state index in [9.17, 15) is 4.79 Å². The van der Waals surface area contributed by atoms with Crippen LogP contribution >= 0.6 is 0 Å². The number of fused-ring (bicyclic) bond motifs is 2. The first-order valence-corrected chi connectivity index (χ1v) is 19.8. The van der Waals surface area contributed by atoms with Crippen molar-refractivity contribution in [1.29, 1.82) is 0 Å². The molecule has 282 valence electrons. The second-order valence-corrected chi connectivity index (χ2v) is 14.8. The minimum absolute atomic E-state index is 0.00304. The average Bonchev–Trinajstić information content (AvgIpc) is 4.04. The third-order valence-electron chi connectivity index (χ3n) is 11.6. The lowest BCUT2D eigenvalue weighted by Gasteiger charge is -2.36. The number of aromatic nitrogens is 8. The maximum Gasteiger partial charge on any atom is 0.277 e. The van der Waals surface area contributed by atoms with Gasteiger partial charge in [-0.3, -0.25) is 9.78 Å². The molecule has 0 spiro atoms. The molecule has 0 saturated carbocycles. The molecule has 0 unspecified atom stereocenters. The number of rotatable bonds is 10. The Bertz CT molecular complexity index is 2840. The number of pyridine rings is 2. The number of tetrazole rings is 1. The first-order valence-electron chi connectivity index (χ1n) is 19.8. The fourth-order valence-electron chi connectivity index (χ4n) is 9.04. The fourth-order valence-corrected chi connectivity index (χ4v) is 9.04. The third kappa shape index (κ3) is 5.77. The van der Waals surface area contributed by atoms with Gasteiger partial charge in [-0.1, -0.05) is 146 Å². The van der Waals surface area contributed by atoms with Crippen LogP contribution in [0.4, 0.5) is 0 Å². The van der Waals surface area contributed by atoms with E-state index in [1.807, 2.05) is 53.3 Å².